The number of benzene rings is 3. The molecule has 3 aromatic rings. The molecule has 5 rings (SSSR count). The van der Waals surface area contributed by atoms with Gasteiger partial charge < -0.3 is 14.5 Å². The molecule has 1 saturated heterocycles. The number of aryl methyl sites for hydroxylation is 1. The first-order chi connectivity index (χ1) is 15.5. The van der Waals surface area contributed by atoms with Crippen molar-refractivity contribution in [3.05, 3.63) is 88.4 Å². The maximum absolute atomic E-state index is 13.1. The number of hydrogen-bond donors (Lipinski definition) is 0. The zero-order valence-electron chi connectivity index (χ0n) is 18.1. The van der Waals surface area contributed by atoms with Gasteiger partial charge in [-0.3, -0.25) is 4.79 Å². The summed E-state index contributed by atoms with van der Waals surface area (Å²) >= 11 is 5.98. The van der Waals surface area contributed by atoms with Crippen LogP contribution in [0.1, 0.15) is 28.4 Å². The van der Waals surface area contributed by atoms with E-state index >= 15 is 0 Å². The molecule has 0 radical (unpaired) electrons. The molecule has 1 fully saturated rings. The third kappa shape index (κ3) is 3.84. The van der Waals surface area contributed by atoms with Gasteiger partial charge in [-0.2, -0.15) is 0 Å². The average molecular weight is 446 g/mol. The molecule has 2 heterocycles. The topological polar surface area (TPSA) is 45.1 Å². The minimum Gasteiger partial charge on any atom is -0.454 e. The van der Waals surface area contributed by atoms with Crippen molar-refractivity contribution in [3.8, 4) is 11.5 Å². The molecule has 2 aliphatic heterocycles. The van der Waals surface area contributed by atoms with Gasteiger partial charge in [0.05, 0.1) is 5.56 Å². The van der Waals surface area contributed by atoms with Gasteiger partial charge >= 0.3 is 0 Å². The summed E-state index contributed by atoms with van der Waals surface area (Å²) in [6, 6.07) is 21.2. The second-order valence-electron chi connectivity index (χ2n) is 8.31. The Balaban J connectivity index is 1.44. The van der Waals surface area contributed by atoms with Crippen LogP contribution in [0.15, 0.2) is 71.7 Å². The van der Waals surface area contributed by atoms with E-state index in [2.05, 4.69) is 11.8 Å². The number of rotatable bonds is 1. The van der Waals surface area contributed by atoms with Gasteiger partial charge in [-0.1, -0.05) is 29.8 Å². The Morgan fingerprint density at radius 2 is 1.81 bits per heavy atom. The normalized spacial score (nSPS) is 17.6. The summed E-state index contributed by atoms with van der Waals surface area (Å²) < 4.78 is 6.24. The van der Waals surface area contributed by atoms with E-state index < -0.39 is 0 Å². The van der Waals surface area contributed by atoms with Gasteiger partial charge in [-0.05, 0) is 67.9 Å². The summed E-state index contributed by atoms with van der Waals surface area (Å²) in [6.45, 7) is 6.12. The maximum atomic E-state index is 13.1. The van der Waals surface area contributed by atoms with Crippen LogP contribution in [0, 0.1) is 6.92 Å². The Labute approximate surface area is 192 Å². The lowest BCUT2D eigenvalue weighted by molar-refractivity contribution is 0.0581. The molecule has 0 bridgehead atoms. The number of aliphatic imine (C=N–C) groups is 1. The monoisotopic (exact) mass is 445 g/mol. The highest BCUT2D eigenvalue weighted by molar-refractivity contribution is 6.30. The average Bonchev–Trinajstić information content (AvgIpc) is 2.95. The van der Waals surface area contributed by atoms with Crippen LogP contribution in [0.4, 0.5) is 5.69 Å². The minimum atomic E-state index is 0.0289. The van der Waals surface area contributed by atoms with E-state index in [9.17, 15) is 4.79 Å². The minimum absolute atomic E-state index is 0.0289. The summed E-state index contributed by atoms with van der Waals surface area (Å²) in [5, 5.41) is 0.627. The summed E-state index contributed by atoms with van der Waals surface area (Å²) in [7, 11) is 0. The van der Waals surface area contributed by atoms with Crippen LogP contribution >= 0.6 is 11.6 Å². The molecule has 0 saturated carbocycles. The third-order valence-corrected chi connectivity index (χ3v) is 6.22. The van der Waals surface area contributed by atoms with Gasteiger partial charge in [0.2, 0.25) is 0 Å². The molecule has 0 aliphatic carbocycles. The van der Waals surface area contributed by atoms with Crippen LogP contribution in [0.5, 0.6) is 11.5 Å². The van der Waals surface area contributed by atoms with Crippen LogP contribution < -0.4 is 4.74 Å². The van der Waals surface area contributed by atoms with Crippen molar-refractivity contribution in [2.45, 2.75) is 19.9 Å². The summed E-state index contributed by atoms with van der Waals surface area (Å²) in [5.41, 5.74) is 3.56. The molecule has 0 unspecified atom stereocenters. The van der Waals surface area contributed by atoms with Gasteiger partial charge in [0.1, 0.15) is 17.3 Å². The number of carbonyl (C=O) groups is 1. The van der Waals surface area contributed by atoms with Crippen molar-refractivity contribution in [3.63, 3.8) is 0 Å². The van der Waals surface area contributed by atoms with E-state index in [-0.39, 0.29) is 11.9 Å². The van der Waals surface area contributed by atoms with Gasteiger partial charge in [-0.25, -0.2) is 4.99 Å². The largest absolute Gasteiger partial charge is 0.454 e. The van der Waals surface area contributed by atoms with Gasteiger partial charge in [0.15, 0.2) is 5.75 Å². The van der Waals surface area contributed by atoms with E-state index in [4.69, 9.17) is 21.3 Å². The van der Waals surface area contributed by atoms with E-state index in [1.165, 1.54) is 0 Å². The molecule has 0 N–H and O–H groups in total. The highest BCUT2D eigenvalue weighted by Gasteiger charge is 2.31. The first-order valence-electron chi connectivity index (χ1n) is 10.8. The fourth-order valence-corrected chi connectivity index (χ4v) is 4.41. The quantitative estimate of drug-likeness (QED) is 0.484. The maximum Gasteiger partial charge on any atom is 0.254 e. The highest BCUT2D eigenvalue weighted by Crippen LogP contribution is 2.39. The molecule has 162 valence electrons. The first kappa shape index (κ1) is 20.6. The van der Waals surface area contributed by atoms with Crippen molar-refractivity contribution in [2.75, 3.05) is 19.6 Å². The molecule has 1 atom stereocenters. The Morgan fingerprint density at radius 1 is 1.03 bits per heavy atom. The molecule has 2 aliphatic rings. The standard InChI is InChI=1S/C26H24ClN3O2/c1-17-7-12-22-24(15-17)32-23-6-4-3-5-21(23)25(28-22)29-13-14-30(18(2)16-29)26(31)19-8-10-20(27)11-9-19/h3-12,15,18H,13-14,16H2,1-2H3/t18-/m1/s1. The molecule has 32 heavy (non-hydrogen) atoms. The van der Waals surface area contributed by atoms with Crippen LogP contribution in [0.3, 0.4) is 0 Å². The van der Waals surface area contributed by atoms with Crippen molar-refractivity contribution in [2.24, 2.45) is 4.99 Å². The lowest BCUT2D eigenvalue weighted by atomic mass is 10.1. The summed E-state index contributed by atoms with van der Waals surface area (Å²) in [5.74, 6) is 2.47. The fourth-order valence-electron chi connectivity index (χ4n) is 4.28. The molecule has 0 aromatic heterocycles. The SMILES string of the molecule is Cc1ccc2c(c1)Oc1ccccc1C(N1CCN(C(=O)c3ccc(Cl)cc3)[C@H](C)C1)=N2. The lowest BCUT2D eigenvalue weighted by Gasteiger charge is -2.41. The number of nitrogens with zero attached hydrogens (tertiary/aromatic N) is 3. The Morgan fingerprint density at radius 3 is 2.59 bits per heavy atom. The number of piperazine rings is 1. The number of para-hydroxylation sites is 1. The van der Waals surface area contributed by atoms with Crippen LogP contribution in [0.25, 0.3) is 0 Å². The number of amidine groups is 1. The predicted octanol–water partition coefficient (Wildman–Crippen LogP) is 5.68. The van der Waals surface area contributed by atoms with Crippen molar-refractivity contribution in [1.29, 1.82) is 0 Å². The van der Waals surface area contributed by atoms with Crippen molar-refractivity contribution >= 4 is 29.0 Å². The second-order valence-corrected chi connectivity index (χ2v) is 8.74. The number of hydrogen-bond acceptors (Lipinski definition) is 4. The molecule has 6 heteroatoms. The van der Waals surface area contributed by atoms with E-state index in [1.54, 1.807) is 24.3 Å². The summed E-state index contributed by atoms with van der Waals surface area (Å²) in [6.07, 6.45) is 0. The highest BCUT2D eigenvalue weighted by atomic mass is 35.5. The van der Waals surface area contributed by atoms with Crippen LogP contribution in [0.2, 0.25) is 5.02 Å². The Bertz CT molecular complexity index is 1210. The van der Waals surface area contributed by atoms with Crippen LogP contribution in [-0.2, 0) is 0 Å². The number of carbonyl (C=O) groups excluding carboxylic acids is 1. The number of fused-ring (bicyclic) bond motifs is 2. The molecule has 3 aromatic carbocycles. The molecule has 0 spiro atoms. The Hall–Kier alpha value is -3.31. The predicted molar refractivity (Wildman–Crippen MR) is 127 cm³/mol. The van der Waals surface area contributed by atoms with E-state index in [0.717, 1.165) is 34.1 Å². The zero-order valence-corrected chi connectivity index (χ0v) is 18.8. The van der Waals surface area contributed by atoms with E-state index in [1.807, 2.05) is 54.3 Å². The smallest absolute Gasteiger partial charge is 0.254 e. The fraction of sp³-hybridized carbons (Fsp3) is 0.231. The van der Waals surface area contributed by atoms with Gasteiger partial charge in [0.25, 0.3) is 5.91 Å². The Kier molecular flexibility index (Phi) is 5.35. The molecular formula is C26H24ClN3O2. The second kappa shape index (κ2) is 8.32. The van der Waals surface area contributed by atoms with Crippen LogP contribution in [-0.4, -0.2) is 47.2 Å². The number of halogens is 1. The van der Waals surface area contributed by atoms with Crippen molar-refractivity contribution < 1.29 is 9.53 Å². The summed E-state index contributed by atoms with van der Waals surface area (Å²) in [4.78, 5) is 22.3. The molecule has 1 amide bonds. The third-order valence-electron chi connectivity index (χ3n) is 5.97. The van der Waals surface area contributed by atoms with E-state index in [0.29, 0.717) is 30.2 Å². The zero-order chi connectivity index (χ0) is 22.2. The van der Waals surface area contributed by atoms with Crippen molar-refractivity contribution in [1.82, 2.24) is 9.80 Å². The number of amides is 1. The molecular weight excluding hydrogens is 422 g/mol. The number of ether oxygens (including phenoxy) is 1. The van der Waals surface area contributed by atoms with Gasteiger partial charge in [0, 0.05) is 36.3 Å². The lowest BCUT2D eigenvalue weighted by Crippen LogP contribution is -2.55. The first-order valence-corrected chi connectivity index (χ1v) is 11.2. The van der Waals surface area contributed by atoms with Gasteiger partial charge in [-0.15, -0.1) is 0 Å². The molecule has 5 nitrogen and oxygen atoms in total.